The van der Waals surface area contributed by atoms with E-state index in [2.05, 4.69) is 0 Å². The van der Waals surface area contributed by atoms with Gasteiger partial charge in [0.1, 0.15) is 5.75 Å². The van der Waals surface area contributed by atoms with Crippen LogP contribution in [0.3, 0.4) is 0 Å². The predicted octanol–water partition coefficient (Wildman–Crippen LogP) is 1.44. The van der Waals surface area contributed by atoms with Crippen LogP contribution in [0.5, 0.6) is 5.75 Å². The van der Waals surface area contributed by atoms with Crippen LogP contribution in [0, 0.1) is 6.92 Å². The summed E-state index contributed by atoms with van der Waals surface area (Å²) in [6.45, 7) is 2.74. The lowest BCUT2D eigenvalue weighted by Crippen LogP contribution is -2.06. The molecule has 0 amide bonds. The third-order valence-corrected chi connectivity index (χ3v) is 1.83. The van der Waals surface area contributed by atoms with Gasteiger partial charge in [-0.3, -0.25) is 0 Å². The number of hydrogen-bond acceptors (Lipinski definition) is 3. The van der Waals surface area contributed by atoms with Gasteiger partial charge in [-0.1, -0.05) is 18.2 Å². The molecule has 0 saturated heterocycles. The molecule has 0 unspecified atom stereocenters. The zero-order valence-corrected chi connectivity index (χ0v) is 8.04. The number of ether oxygens (including phenoxy) is 2. The lowest BCUT2D eigenvalue weighted by molar-refractivity contribution is 0.0499. The maximum Gasteiger partial charge on any atom is 0.188 e. The molecule has 0 aromatic heterocycles. The SMILES string of the molecule is COCOc1c(C)cccc1CN. The molecule has 0 radical (unpaired) electrons. The van der Waals surface area contributed by atoms with Crippen molar-refractivity contribution in [2.45, 2.75) is 13.5 Å². The van der Waals surface area contributed by atoms with Gasteiger partial charge in [0.25, 0.3) is 0 Å². The van der Waals surface area contributed by atoms with E-state index in [1.807, 2.05) is 25.1 Å². The second-order valence-corrected chi connectivity index (χ2v) is 2.82. The van der Waals surface area contributed by atoms with Crippen molar-refractivity contribution in [1.29, 1.82) is 0 Å². The van der Waals surface area contributed by atoms with Gasteiger partial charge in [0, 0.05) is 19.2 Å². The number of methoxy groups -OCH3 is 1. The van der Waals surface area contributed by atoms with Crippen LogP contribution in [-0.2, 0) is 11.3 Å². The largest absolute Gasteiger partial charge is 0.467 e. The van der Waals surface area contributed by atoms with E-state index in [1.54, 1.807) is 7.11 Å². The summed E-state index contributed by atoms with van der Waals surface area (Å²) >= 11 is 0. The Hall–Kier alpha value is -1.06. The Balaban J connectivity index is 2.87. The Bertz CT molecular complexity index is 274. The summed E-state index contributed by atoms with van der Waals surface area (Å²) in [4.78, 5) is 0. The van der Waals surface area contributed by atoms with E-state index in [1.165, 1.54) is 0 Å². The van der Waals surface area contributed by atoms with Crippen molar-refractivity contribution in [1.82, 2.24) is 0 Å². The van der Waals surface area contributed by atoms with Crippen LogP contribution in [-0.4, -0.2) is 13.9 Å². The van der Waals surface area contributed by atoms with E-state index in [-0.39, 0.29) is 6.79 Å². The Labute approximate surface area is 78.5 Å². The molecule has 3 nitrogen and oxygen atoms in total. The van der Waals surface area contributed by atoms with Gasteiger partial charge in [-0.15, -0.1) is 0 Å². The van der Waals surface area contributed by atoms with E-state index in [9.17, 15) is 0 Å². The quantitative estimate of drug-likeness (QED) is 0.715. The van der Waals surface area contributed by atoms with Crippen molar-refractivity contribution < 1.29 is 9.47 Å². The van der Waals surface area contributed by atoms with Crippen LogP contribution in [0.25, 0.3) is 0 Å². The maximum atomic E-state index is 5.57. The Morgan fingerprint density at radius 2 is 2.15 bits per heavy atom. The van der Waals surface area contributed by atoms with Crippen LogP contribution in [0.1, 0.15) is 11.1 Å². The van der Waals surface area contributed by atoms with E-state index < -0.39 is 0 Å². The highest BCUT2D eigenvalue weighted by Gasteiger charge is 2.04. The molecule has 0 heterocycles. The molecule has 0 fully saturated rings. The topological polar surface area (TPSA) is 44.5 Å². The standard InChI is InChI=1S/C10H15NO2/c1-8-4-3-5-9(6-11)10(8)13-7-12-2/h3-5H,6-7,11H2,1-2H3. The van der Waals surface area contributed by atoms with Gasteiger partial charge in [-0.25, -0.2) is 0 Å². The molecular weight excluding hydrogens is 166 g/mol. The molecule has 0 spiro atoms. The molecule has 2 N–H and O–H groups in total. The first-order valence-electron chi connectivity index (χ1n) is 4.20. The Morgan fingerprint density at radius 1 is 1.38 bits per heavy atom. The minimum Gasteiger partial charge on any atom is -0.467 e. The van der Waals surface area contributed by atoms with Crippen LogP contribution in [0.4, 0.5) is 0 Å². The lowest BCUT2D eigenvalue weighted by atomic mass is 10.1. The lowest BCUT2D eigenvalue weighted by Gasteiger charge is -2.11. The second kappa shape index (κ2) is 4.84. The van der Waals surface area contributed by atoms with E-state index in [0.29, 0.717) is 6.54 Å². The van der Waals surface area contributed by atoms with E-state index in [0.717, 1.165) is 16.9 Å². The average Bonchev–Trinajstić information content (AvgIpc) is 2.15. The fourth-order valence-electron chi connectivity index (χ4n) is 1.20. The van der Waals surface area contributed by atoms with Gasteiger partial charge >= 0.3 is 0 Å². The van der Waals surface area contributed by atoms with Crippen LogP contribution in [0.2, 0.25) is 0 Å². The molecule has 3 heteroatoms. The molecular formula is C10H15NO2. The summed E-state index contributed by atoms with van der Waals surface area (Å²) in [7, 11) is 1.60. The minimum atomic E-state index is 0.262. The van der Waals surface area contributed by atoms with Crippen molar-refractivity contribution >= 4 is 0 Å². The first kappa shape index (κ1) is 10.0. The second-order valence-electron chi connectivity index (χ2n) is 2.82. The third kappa shape index (κ3) is 2.44. The molecule has 0 aliphatic rings. The molecule has 72 valence electrons. The molecule has 0 atom stereocenters. The highest BCUT2D eigenvalue weighted by atomic mass is 16.7. The van der Waals surface area contributed by atoms with Crippen LogP contribution in [0.15, 0.2) is 18.2 Å². The Morgan fingerprint density at radius 3 is 2.77 bits per heavy atom. The highest BCUT2D eigenvalue weighted by Crippen LogP contribution is 2.22. The van der Waals surface area contributed by atoms with Crippen molar-refractivity contribution in [3.05, 3.63) is 29.3 Å². The summed E-state index contributed by atoms with van der Waals surface area (Å²) in [5.41, 5.74) is 7.66. The number of benzene rings is 1. The molecule has 0 bridgehead atoms. The highest BCUT2D eigenvalue weighted by molar-refractivity contribution is 5.40. The van der Waals surface area contributed by atoms with Crippen LogP contribution >= 0.6 is 0 Å². The smallest absolute Gasteiger partial charge is 0.188 e. The fourth-order valence-corrected chi connectivity index (χ4v) is 1.20. The zero-order valence-electron chi connectivity index (χ0n) is 8.04. The zero-order chi connectivity index (χ0) is 9.68. The van der Waals surface area contributed by atoms with Crippen molar-refractivity contribution in [2.75, 3.05) is 13.9 Å². The van der Waals surface area contributed by atoms with Crippen molar-refractivity contribution in [3.63, 3.8) is 0 Å². The van der Waals surface area contributed by atoms with Gasteiger partial charge in [-0.2, -0.15) is 0 Å². The van der Waals surface area contributed by atoms with Crippen molar-refractivity contribution in [2.24, 2.45) is 5.73 Å². The monoisotopic (exact) mass is 181 g/mol. The van der Waals surface area contributed by atoms with E-state index in [4.69, 9.17) is 15.2 Å². The van der Waals surface area contributed by atoms with Gasteiger partial charge in [0.05, 0.1) is 0 Å². The fraction of sp³-hybridized carbons (Fsp3) is 0.400. The molecule has 13 heavy (non-hydrogen) atoms. The van der Waals surface area contributed by atoms with Gasteiger partial charge in [0.2, 0.25) is 0 Å². The number of hydrogen-bond donors (Lipinski definition) is 1. The Kier molecular flexibility index (Phi) is 3.73. The maximum absolute atomic E-state index is 5.57. The minimum absolute atomic E-state index is 0.262. The van der Waals surface area contributed by atoms with Gasteiger partial charge < -0.3 is 15.2 Å². The number of para-hydroxylation sites is 1. The number of rotatable bonds is 4. The molecule has 0 aliphatic carbocycles. The number of aryl methyl sites for hydroxylation is 1. The number of nitrogens with two attached hydrogens (primary N) is 1. The summed E-state index contributed by atoms with van der Waals surface area (Å²) in [6, 6.07) is 5.92. The average molecular weight is 181 g/mol. The summed E-state index contributed by atoms with van der Waals surface area (Å²) in [5.74, 6) is 0.840. The first-order valence-corrected chi connectivity index (χ1v) is 4.20. The normalized spacial score (nSPS) is 10.1. The van der Waals surface area contributed by atoms with E-state index >= 15 is 0 Å². The third-order valence-electron chi connectivity index (χ3n) is 1.83. The summed E-state index contributed by atoms with van der Waals surface area (Å²) < 4.78 is 10.2. The molecule has 0 aliphatic heterocycles. The molecule has 1 rings (SSSR count). The van der Waals surface area contributed by atoms with Crippen molar-refractivity contribution in [3.8, 4) is 5.75 Å². The predicted molar refractivity (Wildman–Crippen MR) is 51.6 cm³/mol. The summed E-state index contributed by atoms with van der Waals surface area (Å²) in [6.07, 6.45) is 0. The summed E-state index contributed by atoms with van der Waals surface area (Å²) in [5, 5.41) is 0. The van der Waals surface area contributed by atoms with Gasteiger partial charge in [0.15, 0.2) is 6.79 Å². The molecule has 1 aromatic carbocycles. The van der Waals surface area contributed by atoms with Crippen LogP contribution < -0.4 is 10.5 Å². The first-order chi connectivity index (χ1) is 6.29. The van der Waals surface area contributed by atoms with Gasteiger partial charge in [-0.05, 0) is 12.5 Å². The molecule has 1 aromatic rings. The molecule has 0 saturated carbocycles.